The summed E-state index contributed by atoms with van der Waals surface area (Å²) in [6.07, 6.45) is 0. The Bertz CT molecular complexity index is 2750. The molecule has 0 amide bonds. The Hall–Kier alpha value is -5.16. The van der Waals surface area contributed by atoms with Gasteiger partial charge in [0.25, 0.3) is 0 Å². The lowest BCUT2D eigenvalue weighted by Crippen LogP contribution is -2.09. The number of fused-ring (bicyclic) bond motifs is 10. The SMILES string of the molecule is c1ccc2cc3c(cc2c1)oc1cc(N(c2ccc4c(c2)sc2ccccc24)c2ccc4sc5ccccc5c4c2)ccc13. The van der Waals surface area contributed by atoms with Gasteiger partial charge < -0.3 is 9.32 Å². The zero-order valence-electron chi connectivity index (χ0n) is 23.5. The minimum atomic E-state index is 0.891. The number of rotatable bonds is 3. The molecule has 206 valence electrons. The van der Waals surface area contributed by atoms with Crippen molar-refractivity contribution in [2.75, 3.05) is 4.90 Å². The van der Waals surface area contributed by atoms with Gasteiger partial charge in [-0.25, -0.2) is 0 Å². The predicted octanol–water partition coefficient (Wildman–Crippen LogP) is 12.9. The van der Waals surface area contributed by atoms with E-state index in [2.05, 4.69) is 144 Å². The highest BCUT2D eigenvalue weighted by Crippen LogP contribution is 2.44. The molecule has 0 radical (unpaired) electrons. The number of benzene rings is 7. The zero-order valence-corrected chi connectivity index (χ0v) is 25.1. The van der Waals surface area contributed by atoms with Gasteiger partial charge in [0.15, 0.2) is 0 Å². The number of nitrogens with zero attached hydrogens (tertiary/aromatic N) is 1. The number of hydrogen-bond donors (Lipinski definition) is 0. The molecule has 2 nitrogen and oxygen atoms in total. The van der Waals surface area contributed by atoms with Crippen LogP contribution in [0, 0.1) is 0 Å². The Balaban J connectivity index is 1.21. The van der Waals surface area contributed by atoms with E-state index in [1.54, 1.807) is 0 Å². The van der Waals surface area contributed by atoms with E-state index < -0.39 is 0 Å². The fourth-order valence-corrected chi connectivity index (χ4v) is 8.97. The van der Waals surface area contributed by atoms with Crippen LogP contribution in [0.15, 0.2) is 144 Å². The van der Waals surface area contributed by atoms with Crippen LogP contribution in [0.3, 0.4) is 0 Å². The van der Waals surface area contributed by atoms with Crippen molar-refractivity contribution < 1.29 is 4.42 Å². The number of thiophene rings is 2. The van der Waals surface area contributed by atoms with Crippen LogP contribution < -0.4 is 4.90 Å². The number of hydrogen-bond acceptors (Lipinski definition) is 4. The molecule has 44 heavy (non-hydrogen) atoms. The van der Waals surface area contributed by atoms with E-state index in [1.807, 2.05) is 22.7 Å². The summed E-state index contributed by atoms with van der Waals surface area (Å²) in [4.78, 5) is 2.37. The van der Waals surface area contributed by atoms with E-state index in [-0.39, 0.29) is 0 Å². The summed E-state index contributed by atoms with van der Waals surface area (Å²) in [6, 6.07) is 50.7. The van der Waals surface area contributed by atoms with Crippen molar-refractivity contribution >= 4 is 113 Å². The molecule has 0 aliphatic carbocycles. The van der Waals surface area contributed by atoms with Crippen LogP contribution in [0.1, 0.15) is 0 Å². The summed E-state index contributed by atoms with van der Waals surface area (Å²) >= 11 is 3.70. The first-order chi connectivity index (χ1) is 21.8. The van der Waals surface area contributed by atoms with Gasteiger partial charge >= 0.3 is 0 Å². The third kappa shape index (κ3) is 3.59. The molecule has 3 aromatic heterocycles. The second-order valence-electron chi connectivity index (χ2n) is 11.4. The Labute approximate surface area is 260 Å². The van der Waals surface area contributed by atoms with E-state index in [1.165, 1.54) is 51.1 Å². The van der Waals surface area contributed by atoms with Gasteiger partial charge in [-0.3, -0.25) is 0 Å². The Kier molecular flexibility index (Phi) is 5.06. The molecule has 0 aliphatic rings. The van der Waals surface area contributed by atoms with Crippen LogP contribution in [0.25, 0.3) is 73.1 Å². The van der Waals surface area contributed by atoms with Crippen LogP contribution in [-0.2, 0) is 0 Å². The number of furan rings is 1. The molecule has 0 spiro atoms. The Morgan fingerprint density at radius 1 is 0.364 bits per heavy atom. The summed E-state index contributed by atoms with van der Waals surface area (Å²) in [6.45, 7) is 0. The minimum absolute atomic E-state index is 0.891. The summed E-state index contributed by atoms with van der Waals surface area (Å²) in [5, 5.41) is 9.89. The molecule has 0 bridgehead atoms. The first-order valence-electron chi connectivity index (χ1n) is 14.7. The molecular formula is C40H23NOS2. The molecule has 0 N–H and O–H groups in total. The molecule has 10 rings (SSSR count). The molecular weight excluding hydrogens is 575 g/mol. The van der Waals surface area contributed by atoms with Crippen LogP contribution in [-0.4, -0.2) is 0 Å². The lowest BCUT2D eigenvalue weighted by molar-refractivity contribution is 0.669. The van der Waals surface area contributed by atoms with Crippen LogP contribution in [0.4, 0.5) is 17.1 Å². The largest absolute Gasteiger partial charge is 0.456 e. The van der Waals surface area contributed by atoms with Crippen molar-refractivity contribution in [3.8, 4) is 0 Å². The normalized spacial score (nSPS) is 12.1. The molecule has 0 unspecified atom stereocenters. The maximum atomic E-state index is 6.53. The second-order valence-corrected chi connectivity index (χ2v) is 13.5. The first-order valence-corrected chi connectivity index (χ1v) is 16.4. The molecule has 0 aliphatic heterocycles. The van der Waals surface area contributed by atoms with Gasteiger partial charge in [0.1, 0.15) is 11.2 Å². The van der Waals surface area contributed by atoms with Crippen LogP contribution in [0.2, 0.25) is 0 Å². The molecule has 0 fully saturated rings. The van der Waals surface area contributed by atoms with Crippen molar-refractivity contribution in [3.05, 3.63) is 140 Å². The van der Waals surface area contributed by atoms with Crippen molar-refractivity contribution in [2.24, 2.45) is 0 Å². The molecule has 3 heterocycles. The Morgan fingerprint density at radius 2 is 0.909 bits per heavy atom. The lowest BCUT2D eigenvalue weighted by Gasteiger charge is -2.25. The lowest BCUT2D eigenvalue weighted by atomic mass is 10.1. The van der Waals surface area contributed by atoms with E-state index in [4.69, 9.17) is 4.42 Å². The highest BCUT2D eigenvalue weighted by atomic mass is 32.1. The third-order valence-corrected chi connectivity index (χ3v) is 11.1. The van der Waals surface area contributed by atoms with Gasteiger partial charge in [0, 0.05) is 74.2 Å². The van der Waals surface area contributed by atoms with Gasteiger partial charge in [-0.1, -0.05) is 66.7 Å². The van der Waals surface area contributed by atoms with Gasteiger partial charge in [-0.2, -0.15) is 0 Å². The van der Waals surface area contributed by atoms with Crippen molar-refractivity contribution in [1.82, 2.24) is 0 Å². The van der Waals surface area contributed by atoms with E-state index in [0.29, 0.717) is 0 Å². The van der Waals surface area contributed by atoms with Crippen molar-refractivity contribution in [2.45, 2.75) is 0 Å². The van der Waals surface area contributed by atoms with Crippen molar-refractivity contribution in [1.29, 1.82) is 0 Å². The van der Waals surface area contributed by atoms with Gasteiger partial charge in [0.05, 0.1) is 0 Å². The summed E-state index contributed by atoms with van der Waals surface area (Å²) in [7, 11) is 0. The average molecular weight is 598 g/mol. The topological polar surface area (TPSA) is 16.4 Å². The van der Waals surface area contributed by atoms with Gasteiger partial charge in [0.2, 0.25) is 0 Å². The maximum Gasteiger partial charge on any atom is 0.137 e. The highest BCUT2D eigenvalue weighted by molar-refractivity contribution is 7.26. The van der Waals surface area contributed by atoms with E-state index >= 15 is 0 Å². The molecule has 7 aromatic carbocycles. The molecule has 0 saturated carbocycles. The fraction of sp³-hybridized carbons (Fsp3) is 0. The maximum absolute atomic E-state index is 6.53. The van der Waals surface area contributed by atoms with Crippen LogP contribution in [0.5, 0.6) is 0 Å². The van der Waals surface area contributed by atoms with Crippen LogP contribution >= 0.6 is 22.7 Å². The summed E-state index contributed by atoms with van der Waals surface area (Å²) in [5.41, 5.74) is 5.13. The molecule has 10 aromatic rings. The van der Waals surface area contributed by atoms with Gasteiger partial charge in [-0.15, -0.1) is 22.7 Å². The molecule has 0 saturated heterocycles. The summed E-state index contributed by atoms with van der Waals surface area (Å²) < 4.78 is 11.7. The predicted molar refractivity (Wildman–Crippen MR) is 192 cm³/mol. The number of anilines is 3. The fourth-order valence-electron chi connectivity index (χ4n) is 6.74. The van der Waals surface area contributed by atoms with Gasteiger partial charge in [-0.05, 0) is 77.5 Å². The smallest absolute Gasteiger partial charge is 0.137 e. The first kappa shape index (κ1) is 24.3. The zero-order chi connectivity index (χ0) is 28.8. The average Bonchev–Trinajstić information content (AvgIpc) is 3.74. The van der Waals surface area contributed by atoms with E-state index in [0.717, 1.165) is 39.0 Å². The van der Waals surface area contributed by atoms with Crippen molar-refractivity contribution in [3.63, 3.8) is 0 Å². The third-order valence-electron chi connectivity index (χ3n) is 8.82. The van der Waals surface area contributed by atoms with E-state index in [9.17, 15) is 0 Å². The highest BCUT2D eigenvalue weighted by Gasteiger charge is 2.18. The summed E-state index contributed by atoms with van der Waals surface area (Å²) in [5.74, 6) is 0. The standard InChI is InChI=1S/C40H23NOS2/c1-2-8-25-20-35-33(19-24(25)7-1)29-16-13-27(22-36(29)42-35)41(26-15-18-39-34(21-26)31-10-4-6-12-38(31)43-39)28-14-17-32-30-9-3-5-11-37(30)44-40(32)23-28/h1-23H. The minimum Gasteiger partial charge on any atom is -0.456 e. The monoisotopic (exact) mass is 597 g/mol. The quantitative estimate of drug-likeness (QED) is 0.201. The Morgan fingerprint density at radius 3 is 1.73 bits per heavy atom. The molecule has 0 atom stereocenters. The second kappa shape index (κ2) is 9.17. The molecule has 4 heteroatoms.